The van der Waals surface area contributed by atoms with Gasteiger partial charge in [-0.2, -0.15) is 0 Å². The van der Waals surface area contributed by atoms with E-state index in [0.717, 1.165) is 25.7 Å². The molecule has 1 aliphatic heterocycles. The van der Waals surface area contributed by atoms with Gasteiger partial charge in [0.25, 0.3) is 5.91 Å². The average Bonchev–Trinajstić information content (AvgIpc) is 3.20. The quantitative estimate of drug-likeness (QED) is 0.405. The first-order valence-electron chi connectivity index (χ1n) is 9.50. The second-order valence-electron chi connectivity index (χ2n) is 7.78. The Labute approximate surface area is 175 Å². The zero-order chi connectivity index (χ0) is 22.2. The number of carbonyl (C=O) groups is 2. The number of carbonyl (C=O) groups excluding carboxylic acids is 2. The molecule has 0 spiro atoms. The van der Waals surface area contributed by atoms with Gasteiger partial charge in [0, 0.05) is 11.3 Å². The van der Waals surface area contributed by atoms with Crippen LogP contribution in [0.1, 0.15) is 46.5 Å². The molecule has 0 radical (unpaired) electrons. The van der Waals surface area contributed by atoms with Crippen molar-refractivity contribution in [3.63, 3.8) is 0 Å². The van der Waals surface area contributed by atoms with Crippen LogP contribution in [0.2, 0.25) is 0 Å². The molecule has 0 saturated heterocycles. The van der Waals surface area contributed by atoms with E-state index >= 15 is 0 Å². The van der Waals surface area contributed by atoms with Gasteiger partial charge in [-0.1, -0.05) is 12.8 Å². The molecular formula is C20H22F4N2O3S. The Morgan fingerprint density at radius 3 is 2.43 bits per heavy atom. The van der Waals surface area contributed by atoms with Crippen LogP contribution >= 0.6 is 11.8 Å². The summed E-state index contributed by atoms with van der Waals surface area (Å²) in [5.74, 6) is -8.23. The van der Waals surface area contributed by atoms with E-state index in [2.05, 4.69) is 0 Å². The molecule has 1 saturated carbocycles. The Morgan fingerprint density at radius 2 is 1.80 bits per heavy atom. The number of amides is 2. The van der Waals surface area contributed by atoms with E-state index in [9.17, 15) is 27.2 Å². The minimum Gasteiger partial charge on any atom is -0.476 e. The largest absolute Gasteiger partial charge is 0.476 e. The SMILES string of the molecule is CC1=C(SC2CCCC2)C(=O)N(C(C)(C)C(=O)Nc2cc(F)c(F)c(F)c2F)CO1. The molecule has 10 heteroatoms. The van der Waals surface area contributed by atoms with Crippen molar-refractivity contribution in [2.45, 2.75) is 57.2 Å². The summed E-state index contributed by atoms with van der Waals surface area (Å²) in [7, 11) is 0. The lowest BCUT2D eigenvalue weighted by atomic mass is 10.0. The summed E-state index contributed by atoms with van der Waals surface area (Å²) in [6.45, 7) is 4.26. The molecule has 2 aliphatic rings. The number of ether oxygens (including phenoxy) is 1. The molecule has 1 aromatic rings. The van der Waals surface area contributed by atoms with Crippen LogP contribution < -0.4 is 5.32 Å². The summed E-state index contributed by atoms with van der Waals surface area (Å²) < 4.78 is 59.6. The van der Waals surface area contributed by atoms with Crippen LogP contribution in [-0.2, 0) is 14.3 Å². The van der Waals surface area contributed by atoms with Gasteiger partial charge in [0.2, 0.25) is 5.91 Å². The van der Waals surface area contributed by atoms with Crippen LogP contribution in [0.15, 0.2) is 16.7 Å². The Hall–Kier alpha value is -2.23. The summed E-state index contributed by atoms with van der Waals surface area (Å²) in [5, 5.41) is 2.33. The van der Waals surface area contributed by atoms with E-state index in [-0.39, 0.29) is 6.73 Å². The standard InChI is InChI=1S/C20H22F4N2O3S/c1-10-17(30-11-6-4-5-7-11)18(27)26(9-29-10)20(2,3)19(28)25-13-8-12(21)14(22)16(24)15(13)23/h8,11H,4-7,9H2,1-3H3,(H,25,28). The predicted molar refractivity (Wildman–Crippen MR) is 104 cm³/mol. The number of rotatable bonds is 5. The molecule has 1 heterocycles. The predicted octanol–water partition coefficient (Wildman–Crippen LogP) is 4.68. The highest BCUT2D eigenvalue weighted by atomic mass is 32.2. The van der Waals surface area contributed by atoms with Gasteiger partial charge < -0.3 is 10.1 Å². The number of anilines is 1. The Morgan fingerprint density at radius 1 is 1.17 bits per heavy atom. The van der Waals surface area contributed by atoms with Gasteiger partial charge in [-0.3, -0.25) is 14.5 Å². The summed E-state index contributed by atoms with van der Waals surface area (Å²) in [4.78, 5) is 27.4. The second-order valence-corrected chi connectivity index (χ2v) is 9.09. The number of nitrogens with zero attached hydrogens (tertiary/aromatic N) is 1. The second kappa shape index (κ2) is 8.49. The molecule has 0 aromatic heterocycles. The summed E-state index contributed by atoms with van der Waals surface area (Å²) >= 11 is 1.42. The highest BCUT2D eigenvalue weighted by molar-refractivity contribution is 8.04. The van der Waals surface area contributed by atoms with E-state index in [1.807, 2.05) is 5.32 Å². The molecule has 1 aromatic carbocycles. The highest BCUT2D eigenvalue weighted by Gasteiger charge is 2.43. The number of benzene rings is 1. The fraction of sp³-hybridized carbons (Fsp3) is 0.500. The molecule has 1 aliphatic carbocycles. The molecule has 0 unspecified atom stereocenters. The van der Waals surface area contributed by atoms with Gasteiger partial charge in [-0.15, -0.1) is 11.8 Å². The summed E-state index contributed by atoms with van der Waals surface area (Å²) in [6.07, 6.45) is 4.15. The van der Waals surface area contributed by atoms with Crippen molar-refractivity contribution >= 4 is 29.3 Å². The van der Waals surface area contributed by atoms with E-state index in [4.69, 9.17) is 4.74 Å². The molecule has 3 rings (SSSR count). The number of thioether (sulfide) groups is 1. The number of nitrogens with one attached hydrogen (secondary N) is 1. The van der Waals surface area contributed by atoms with Crippen molar-refractivity contribution in [1.29, 1.82) is 0 Å². The summed E-state index contributed by atoms with van der Waals surface area (Å²) in [6, 6.07) is 0.349. The first-order chi connectivity index (χ1) is 14.0. The van der Waals surface area contributed by atoms with Crippen molar-refractivity contribution in [3.05, 3.63) is 40.0 Å². The maximum Gasteiger partial charge on any atom is 0.267 e. The van der Waals surface area contributed by atoms with Gasteiger partial charge in [-0.25, -0.2) is 17.6 Å². The lowest BCUT2D eigenvalue weighted by Gasteiger charge is -2.40. The molecule has 2 amide bonds. The van der Waals surface area contributed by atoms with Crippen LogP contribution in [0.25, 0.3) is 0 Å². The van der Waals surface area contributed by atoms with E-state index < -0.39 is 46.3 Å². The molecule has 5 nitrogen and oxygen atoms in total. The van der Waals surface area contributed by atoms with Gasteiger partial charge in [-0.05, 0) is 33.6 Å². The minimum atomic E-state index is -2.03. The Kier molecular flexibility index (Phi) is 6.35. The molecule has 30 heavy (non-hydrogen) atoms. The van der Waals surface area contributed by atoms with Crippen LogP contribution in [0, 0.1) is 23.3 Å². The first kappa shape index (κ1) is 22.5. The van der Waals surface area contributed by atoms with Crippen LogP contribution in [0.3, 0.4) is 0 Å². The third-order valence-corrected chi connectivity index (χ3v) is 6.84. The van der Waals surface area contributed by atoms with E-state index in [1.165, 1.54) is 30.5 Å². The molecule has 1 fully saturated rings. The average molecular weight is 446 g/mol. The zero-order valence-electron chi connectivity index (χ0n) is 16.8. The molecule has 1 N–H and O–H groups in total. The third-order valence-electron chi connectivity index (χ3n) is 5.34. The maximum atomic E-state index is 13.9. The minimum absolute atomic E-state index is 0.214. The maximum absolute atomic E-state index is 13.9. The lowest BCUT2D eigenvalue weighted by Crippen LogP contribution is -2.57. The van der Waals surface area contributed by atoms with Crippen molar-refractivity contribution in [2.75, 3.05) is 12.0 Å². The highest BCUT2D eigenvalue weighted by Crippen LogP contribution is 2.39. The van der Waals surface area contributed by atoms with Crippen molar-refractivity contribution in [2.24, 2.45) is 0 Å². The smallest absolute Gasteiger partial charge is 0.267 e. The van der Waals surface area contributed by atoms with E-state index in [0.29, 0.717) is 22.0 Å². The van der Waals surface area contributed by atoms with Crippen LogP contribution in [-0.4, -0.2) is 34.2 Å². The number of allylic oxidation sites excluding steroid dienone is 1. The fourth-order valence-electron chi connectivity index (χ4n) is 3.34. The topological polar surface area (TPSA) is 58.6 Å². The van der Waals surface area contributed by atoms with Crippen molar-refractivity contribution in [1.82, 2.24) is 4.90 Å². The van der Waals surface area contributed by atoms with Crippen LogP contribution in [0.4, 0.5) is 23.2 Å². The van der Waals surface area contributed by atoms with Crippen molar-refractivity contribution in [3.8, 4) is 0 Å². The van der Waals surface area contributed by atoms with Gasteiger partial charge >= 0.3 is 0 Å². The Bertz CT molecular complexity index is 914. The van der Waals surface area contributed by atoms with Gasteiger partial charge in [0.15, 0.2) is 30.0 Å². The molecule has 0 bridgehead atoms. The van der Waals surface area contributed by atoms with Crippen molar-refractivity contribution < 1.29 is 31.9 Å². The number of hydrogen-bond acceptors (Lipinski definition) is 4. The first-order valence-corrected chi connectivity index (χ1v) is 10.4. The summed E-state index contributed by atoms with van der Waals surface area (Å²) in [5.41, 5.74) is -2.41. The normalized spacial score (nSPS) is 18.1. The molecular weight excluding hydrogens is 424 g/mol. The fourth-order valence-corrected chi connectivity index (χ4v) is 4.68. The zero-order valence-corrected chi connectivity index (χ0v) is 17.6. The third kappa shape index (κ3) is 4.14. The monoisotopic (exact) mass is 446 g/mol. The number of hydrogen-bond donors (Lipinski definition) is 1. The van der Waals surface area contributed by atoms with Crippen LogP contribution in [0.5, 0.6) is 0 Å². The molecule has 0 atom stereocenters. The molecule has 164 valence electrons. The van der Waals surface area contributed by atoms with Gasteiger partial charge in [0.05, 0.1) is 5.69 Å². The lowest BCUT2D eigenvalue weighted by molar-refractivity contribution is -0.148. The van der Waals surface area contributed by atoms with Gasteiger partial charge in [0.1, 0.15) is 16.2 Å². The Balaban J connectivity index is 1.81. The number of halogens is 4. The van der Waals surface area contributed by atoms with E-state index in [1.54, 1.807) is 6.92 Å².